The van der Waals surface area contributed by atoms with E-state index >= 15 is 0 Å². The van der Waals surface area contributed by atoms with Gasteiger partial charge in [-0.25, -0.2) is 4.79 Å². The van der Waals surface area contributed by atoms with Crippen LogP contribution in [0.3, 0.4) is 0 Å². The van der Waals surface area contributed by atoms with E-state index in [1.807, 2.05) is 47.9 Å². The molecule has 0 unspecified atom stereocenters. The Morgan fingerprint density at radius 3 is 2.52 bits per heavy atom. The number of aliphatic hydroxyl groups is 2. The van der Waals surface area contributed by atoms with E-state index in [-0.39, 0.29) is 19.8 Å². The van der Waals surface area contributed by atoms with Crippen LogP contribution < -0.4 is 0 Å². The number of aliphatic hydroxyl groups excluding tert-OH is 2. The predicted molar refractivity (Wildman–Crippen MR) is 104 cm³/mol. The lowest BCUT2D eigenvalue weighted by Gasteiger charge is -2.13. The minimum absolute atomic E-state index is 0.0558. The van der Waals surface area contributed by atoms with Crippen molar-refractivity contribution in [1.29, 1.82) is 0 Å². The first-order valence-electron chi connectivity index (χ1n) is 8.51. The molecule has 0 aliphatic carbocycles. The van der Waals surface area contributed by atoms with E-state index < -0.39 is 5.97 Å². The summed E-state index contributed by atoms with van der Waals surface area (Å²) in [5, 5.41) is 19.0. The van der Waals surface area contributed by atoms with Crippen LogP contribution in [0.15, 0.2) is 54.6 Å². The van der Waals surface area contributed by atoms with E-state index in [1.54, 1.807) is 18.2 Å². The number of aromatic nitrogens is 1. The van der Waals surface area contributed by atoms with Crippen molar-refractivity contribution in [3.05, 3.63) is 76.4 Å². The van der Waals surface area contributed by atoms with Gasteiger partial charge >= 0.3 is 5.97 Å². The molecule has 0 atom stereocenters. The standard InChI is InChI=1S/C21H20ClNO4/c1-14-19(21(26)27-10-9-24)12-20(16-5-7-17(22)8-6-16)23(14)18-4-2-3-15(11-18)13-25/h2-8,11-12,24-25H,9-10,13H2,1H3. The molecule has 0 saturated carbocycles. The van der Waals surface area contributed by atoms with Gasteiger partial charge in [0, 0.05) is 16.4 Å². The van der Waals surface area contributed by atoms with Crippen LogP contribution in [0.4, 0.5) is 0 Å². The maximum atomic E-state index is 12.4. The monoisotopic (exact) mass is 385 g/mol. The Bertz CT molecular complexity index is 947. The van der Waals surface area contributed by atoms with Gasteiger partial charge in [-0.2, -0.15) is 0 Å². The fourth-order valence-corrected chi connectivity index (χ4v) is 3.12. The summed E-state index contributed by atoms with van der Waals surface area (Å²) in [6.45, 7) is 1.48. The Kier molecular flexibility index (Phi) is 5.96. The summed E-state index contributed by atoms with van der Waals surface area (Å²) in [7, 11) is 0. The molecular formula is C21H20ClNO4. The number of hydrogen-bond acceptors (Lipinski definition) is 4. The van der Waals surface area contributed by atoms with Gasteiger partial charge in [-0.3, -0.25) is 0 Å². The lowest BCUT2D eigenvalue weighted by atomic mass is 10.1. The Hall–Kier alpha value is -2.60. The first kappa shape index (κ1) is 19.2. The molecule has 140 valence electrons. The fourth-order valence-electron chi connectivity index (χ4n) is 2.99. The summed E-state index contributed by atoms with van der Waals surface area (Å²) in [6, 6.07) is 16.6. The third-order valence-corrected chi connectivity index (χ3v) is 4.53. The summed E-state index contributed by atoms with van der Waals surface area (Å²) in [5.74, 6) is -0.492. The second kappa shape index (κ2) is 8.39. The Morgan fingerprint density at radius 2 is 1.85 bits per heavy atom. The van der Waals surface area contributed by atoms with Gasteiger partial charge in [-0.1, -0.05) is 35.9 Å². The van der Waals surface area contributed by atoms with E-state index in [1.165, 1.54) is 0 Å². The lowest BCUT2D eigenvalue weighted by molar-refractivity contribution is 0.0433. The number of hydrogen-bond donors (Lipinski definition) is 2. The number of halogens is 1. The lowest BCUT2D eigenvalue weighted by Crippen LogP contribution is -2.10. The van der Waals surface area contributed by atoms with Gasteiger partial charge in [0.25, 0.3) is 0 Å². The van der Waals surface area contributed by atoms with E-state index in [0.29, 0.717) is 16.3 Å². The zero-order valence-electron chi connectivity index (χ0n) is 14.9. The Balaban J connectivity index is 2.17. The van der Waals surface area contributed by atoms with Crippen molar-refractivity contribution in [2.75, 3.05) is 13.2 Å². The number of esters is 1. The van der Waals surface area contributed by atoms with Crippen molar-refractivity contribution >= 4 is 17.6 Å². The third-order valence-electron chi connectivity index (χ3n) is 4.28. The van der Waals surface area contributed by atoms with E-state index in [9.17, 15) is 9.90 Å². The number of nitrogens with zero attached hydrogens (tertiary/aromatic N) is 1. The molecule has 0 aliphatic heterocycles. The average molecular weight is 386 g/mol. The Labute approximate surface area is 162 Å². The minimum Gasteiger partial charge on any atom is -0.460 e. The molecule has 2 aromatic carbocycles. The molecule has 2 N–H and O–H groups in total. The summed E-state index contributed by atoms with van der Waals surface area (Å²) in [5.41, 5.74) is 4.41. The molecule has 3 rings (SSSR count). The number of ether oxygens (including phenoxy) is 1. The molecule has 5 nitrogen and oxygen atoms in total. The fraction of sp³-hybridized carbons (Fsp3) is 0.190. The maximum Gasteiger partial charge on any atom is 0.340 e. The predicted octanol–water partition coefficient (Wildman–Crippen LogP) is 3.75. The van der Waals surface area contributed by atoms with Crippen molar-refractivity contribution in [3.63, 3.8) is 0 Å². The molecular weight excluding hydrogens is 366 g/mol. The zero-order chi connectivity index (χ0) is 19.4. The van der Waals surface area contributed by atoms with Crippen molar-refractivity contribution in [1.82, 2.24) is 4.57 Å². The summed E-state index contributed by atoms with van der Waals surface area (Å²) in [6.07, 6.45) is 0. The van der Waals surface area contributed by atoms with Gasteiger partial charge in [0.15, 0.2) is 0 Å². The second-order valence-electron chi connectivity index (χ2n) is 6.06. The average Bonchev–Trinajstić information content (AvgIpc) is 3.04. The molecule has 0 saturated heterocycles. The van der Waals surface area contributed by atoms with Gasteiger partial charge in [-0.15, -0.1) is 0 Å². The van der Waals surface area contributed by atoms with Gasteiger partial charge in [0.1, 0.15) is 6.61 Å². The van der Waals surface area contributed by atoms with Gasteiger partial charge in [-0.05, 0) is 48.4 Å². The number of carbonyl (C=O) groups excluding carboxylic acids is 1. The first-order chi connectivity index (χ1) is 13.0. The van der Waals surface area contributed by atoms with E-state index in [4.69, 9.17) is 21.4 Å². The molecule has 0 spiro atoms. The molecule has 1 heterocycles. The van der Waals surface area contributed by atoms with E-state index in [0.717, 1.165) is 22.5 Å². The highest BCUT2D eigenvalue weighted by Crippen LogP contribution is 2.31. The van der Waals surface area contributed by atoms with Crippen molar-refractivity contribution in [2.24, 2.45) is 0 Å². The van der Waals surface area contributed by atoms with Crippen molar-refractivity contribution < 1.29 is 19.7 Å². The van der Waals surface area contributed by atoms with Crippen LogP contribution in [0.2, 0.25) is 5.02 Å². The number of rotatable bonds is 6. The van der Waals surface area contributed by atoms with Crippen molar-refractivity contribution in [3.8, 4) is 16.9 Å². The van der Waals surface area contributed by atoms with Crippen LogP contribution in [0.5, 0.6) is 0 Å². The van der Waals surface area contributed by atoms with Gasteiger partial charge < -0.3 is 19.5 Å². The van der Waals surface area contributed by atoms with E-state index in [2.05, 4.69) is 0 Å². The maximum absolute atomic E-state index is 12.4. The van der Waals surface area contributed by atoms with Gasteiger partial charge in [0.2, 0.25) is 0 Å². The summed E-state index contributed by atoms with van der Waals surface area (Å²) >= 11 is 6.01. The molecule has 27 heavy (non-hydrogen) atoms. The van der Waals surface area contributed by atoms with Crippen LogP contribution in [0, 0.1) is 6.92 Å². The number of benzene rings is 2. The zero-order valence-corrected chi connectivity index (χ0v) is 15.6. The second-order valence-corrected chi connectivity index (χ2v) is 6.49. The normalized spacial score (nSPS) is 10.8. The largest absolute Gasteiger partial charge is 0.460 e. The van der Waals surface area contributed by atoms with Crippen LogP contribution in [0.1, 0.15) is 21.6 Å². The van der Waals surface area contributed by atoms with Crippen LogP contribution in [-0.2, 0) is 11.3 Å². The third kappa shape index (κ3) is 4.06. The highest BCUT2D eigenvalue weighted by atomic mass is 35.5. The SMILES string of the molecule is Cc1c(C(=O)OCCO)cc(-c2ccc(Cl)cc2)n1-c1cccc(CO)c1. The topological polar surface area (TPSA) is 71.7 Å². The number of carbonyl (C=O) groups is 1. The van der Waals surface area contributed by atoms with Crippen LogP contribution >= 0.6 is 11.6 Å². The first-order valence-corrected chi connectivity index (χ1v) is 8.89. The minimum atomic E-state index is -0.492. The molecule has 0 bridgehead atoms. The van der Waals surface area contributed by atoms with Gasteiger partial charge in [0.05, 0.1) is 24.5 Å². The molecule has 0 amide bonds. The van der Waals surface area contributed by atoms with Crippen LogP contribution in [0.25, 0.3) is 16.9 Å². The molecule has 0 aliphatic rings. The highest BCUT2D eigenvalue weighted by Gasteiger charge is 2.20. The molecule has 3 aromatic rings. The molecule has 0 radical (unpaired) electrons. The quantitative estimate of drug-likeness (QED) is 0.634. The van der Waals surface area contributed by atoms with Crippen molar-refractivity contribution in [2.45, 2.75) is 13.5 Å². The van der Waals surface area contributed by atoms with Crippen LogP contribution in [-0.4, -0.2) is 34.0 Å². The Morgan fingerprint density at radius 1 is 1.11 bits per heavy atom. The smallest absolute Gasteiger partial charge is 0.340 e. The molecule has 0 fully saturated rings. The summed E-state index contributed by atoms with van der Waals surface area (Å²) < 4.78 is 7.04. The molecule has 1 aromatic heterocycles. The molecule has 6 heteroatoms. The highest BCUT2D eigenvalue weighted by molar-refractivity contribution is 6.30. The summed E-state index contributed by atoms with van der Waals surface area (Å²) in [4.78, 5) is 12.4.